The summed E-state index contributed by atoms with van der Waals surface area (Å²) in [6.07, 6.45) is 0.0543. The number of halogens is 1. The molecule has 5 heteroatoms. The van der Waals surface area contributed by atoms with Gasteiger partial charge < -0.3 is 14.7 Å². The Morgan fingerprint density at radius 3 is 2.65 bits per heavy atom. The van der Waals surface area contributed by atoms with Gasteiger partial charge in [0.05, 0.1) is 13.5 Å². The van der Waals surface area contributed by atoms with Gasteiger partial charge in [0.15, 0.2) is 0 Å². The van der Waals surface area contributed by atoms with E-state index >= 15 is 0 Å². The summed E-state index contributed by atoms with van der Waals surface area (Å²) < 4.78 is 6.05. The number of ether oxygens (including phenoxy) is 1. The third-order valence-electron chi connectivity index (χ3n) is 2.55. The predicted octanol–water partition coefficient (Wildman–Crippen LogP) is 2.54. The molecule has 1 rings (SSSR count). The van der Waals surface area contributed by atoms with Crippen LogP contribution in [0.15, 0.2) is 22.7 Å². The molecule has 1 atom stereocenters. The lowest BCUT2D eigenvalue weighted by Crippen LogP contribution is -2.23. The molecule has 1 aromatic rings. The van der Waals surface area contributed by atoms with Gasteiger partial charge in [-0.3, -0.25) is 4.79 Å². The molecule has 0 aliphatic rings. The molecular formula is C12H16BrNO3. The van der Waals surface area contributed by atoms with Crippen LogP contribution in [0.3, 0.4) is 0 Å². The molecule has 0 spiro atoms. The molecule has 1 unspecified atom stereocenters. The van der Waals surface area contributed by atoms with Gasteiger partial charge in [0.1, 0.15) is 5.75 Å². The van der Waals surface area contributed by atoms with Crippen molar-refractivity contribution in [1.82, 2.24) is 4.90 Å². The molecule has 1 N–H and O–H groups in total. The van der Waals surface area contributed by atoms with E-state index in [0.29, 0.717) is 0 Å². The Morgan fingerprint density at radius 1 is 1.53 bits per heavy atom. The van der Waals surface area contributed by atoms with Crippen molar-refractivity contribution >= 4 is 21.9 Å². The van der Waals surface area contributed by atoms with Crippen molar-refractivity contribution in [3.05, 3.63) is 28.2 Å². The van der Waals surface area contributed by atoms with E-state index < -0.39 is 5.97 Å². The number of carbonyl (C=O) groups is 1. The lowest BCUT2D eigenvalue weighted by atomic mass is 10.0. The summed E-state index contributed by atoms with van der Waals surface area (Å²) >= 11 is 3.44. The third-order valence-corrected chi connectivity index (χ3v) is 3.28. The summed E-state index contributed by atoms with van der Waals surface area (Å²) in [5.74, 6) is -0.0983. The number of rotatable bonds is 5. The van der Waals surface area contributed by atoms with Crippen LogP contribution in [0.2, 0.25) is 0 Å². The van der Waals surface area contributed by atoms with E-state index in [0.717, 1.165) is 15.8 Å². The topological polar surface area (TPSA) is 49.8 Å². The SMILES string of the molecule is COc1ccc(Br)c(C(CC(=O)O)N(C)C)c1. The van der Waals surface area contributed by atoms with E-state index in [1.807, 2.05) is 37.2 Å². The predicted molar refractivity (Wildman–Crippen MR) is 69.4 cm³/mol. The van der Waals surface area contributed by atoms with Gasteiger partial charge in [0.25, 0.3) is 0 Å². The average molecular weight is 302 g/mol. The Labute approximate surface area is 109 Å². The quantitative estimate of drug-likeness (QED) is 0.908. The van der Waals surface area contributed by atoms with Crippen LogP contribution in [0.4, 0.5) is 0 Å². The number of methoxy groups -OCH3 is 1. The molecule has 0 radical (unpaired) electrons. The van der Waals surface area contributed by atoms with Gasteiger partial charge in [-0.05, 0) is 37.9 Å². The number of hydrogen-bond donors (Lipinski definition) is 1. The van der Waals surface area contributed by atoms with Crippen LogP contribution in [-0.2, 0) is 4.79 Å². The molecule has 0 saturated heterocycles. The van der Waals surface area contributed by atoms with E-state index in [9.17, 15) is 4.79 Å². The number of carboxylic acids is 1. The highest BCUT2D eigenvalue weighted by Crippen LogP contribution is 2.32. The van der Waals surface area contributed by atoms with Crippen LogP contribution in [0, 0.1) is 0 Å². The van der Waals surface area contributed by atoms with Gasteiger partial charge in [0, 0.05) is 10.5 Å². The van der Waals surface area contributed by atoms with Crippen LogP contribution >= 0.6 is 15.9 Å². The maximum Gasteiger partial charge on any atom is 0.305 e. The summed E-state index contributed by atoms with van der Waals surface area (Å²) in [5, 5.41) is 8.94. The van der Waals surface area contributed by atoms with Crippen molar-refractivity contribution in [2.24, 2.45) is 0 Å². The Balaban J connectivity index is 3.12. The third kappa shape index (κ3) is 3.71. The highest BCUT2D eigenvalue weighted by atomic mass is 79.9. The van der Waals surface area contributed by atoms with Crippen LogP contribution in [0.1, 0.15) is 18.0 Å². The lowest BCUT2D eigenvalue weighted by Gasteiger charge is -2.24. The van der Waals surface area contributed by atoms with Crippen molar-refractivity contribution in [1.29, 1.82) is 0 Å². The van der Waals surface area contributed by atoms with Crippen LogP contribution in [0.25, 0.3) is 0 Å². The van der Waals surface area contributed by atoms with E-state index in [-0.39, 0.29) is 12.5 Å². The molecular weight excluding hydrogens is 286 g/mol. The normalized spacial score (nSPS) is 12.5. The summed E-state index contributed by atoms with van der Waals surface area (Å²) in [6, 6.07) is 5.38. The zero-order valence-corrected chi connectivity index (χ0v) is 11.7. The first-order chi connectivity index (χ1) is 7.95. The van der Waals surface area contributed by atoms with Crippen molar-refractivity contribution < 1.29 is 14.6 Å². The van der Waals surface area contributed by atoms with E-state index in [4.69, 9.17) is 9.84 Å². The number of benzene rings is 1. The molecule has 17 heavy (non-hydrogen) atoms. The Morgan fingerprint density at radius 2 is 2.18 bits per heavy atom. The van der Waals surface area contributed by atoms with Gasteiger partial charge in [-0.25, -0.2) is 0 Å². The summed E-state index contributed by atoms with van der Waals surface area (Å²) in [6.45, 7) is 0. The molecule has 0 aromatic heterocycles. The fourth-order valence-electron chi connectivity index (χ4n) is 1.64. The van der Waals surface area contributed by atoms with Gasteiger partial charge >= 0.3 is 5.97 Å². The van der Waals surface area contributed by atoms with Crippen LogP contribution in [-0.4, -0.2) is 37.2 Å². The summed E-state index contributed by atoms with van der Waals surface area (Å²) in [7, 11) is 5.31. The zero-order chi connectivity index (χ0) is 13.0. The second-order valence-corrected chi connectivity index (χ2v) is 4.82. The second kappa shape index (κ2) is 6.02. The molecule has 94 valence electrons. The molecule has 0 aliphatic heterocycles. The minimum Gasteiger partial charge on any atom is -0.497 e. The highest BCUT2D eigenvalue weighted by molar-refractivity contribution is 9.10. The zero-order valence-electron chi connectivity index (χ0n) is 10.1. The number of carboxylic acid groups (broad SMARTS) is 1. The molecule has 0 heterocycles. The number of hydrogen-bond acceptors (Lipinski definition) is 3. The first-order valence-electron chi connectivity index (χ1n) is 5.17. The Kier molecular flexibility index (Phi) is 4.96. The molecule has 0 aliphatic carbocycles. The van der Waals surface area contributed by atoms with Gasteiger partial charge in [-0.2, -0.15) is 0 Å². The largest absolute Gasteiger partial charge is 0.497 e. The molecule has 0 fully saturated rings. The van der Waals surface area contributed by atoms with Crippen molar-refractivity contribution in [3.8, 4) is 5.75 Å². The fourth-order valence-corrected chi connectivity index (χ4v) is 2.15. The first kappa shape index (κ1) is 14.0. The maximum atomic E-state index is 10.9. The molecule has 1 aromatic carbocycles. The monoisotopic (exact) mass is 301 g/mol. The molecule has 0 saturated carbocycles. The van der Waals surface area contributed by atoms with Gasteiger partial charge in [-0.15, -0.1) is 0 Å². The van der Waals surface area contributed by atoms with Crippen LogP contribution in [0.5, 0.6) is 5.75 Å². The Bertz CT molecular complexity index is 407. The van der Waals surface area contributed by atoms with E-state index in [1.165, 1.54) is 0 Å². The van der Waals surface area contributed by atoms with Crippen molar-refractivity contribution in [2.45, 2.75) is 12.5 Å². The van der Waals surface area contributed by atoms with Gasteiger partial charge in [-0.1, -0.05) is 15.9 Å². The van der Waals surface area contributed by atoms with E-state index in [1.54, 1.807) is 7.11 Å². The standard InChI is InChI=1S/C12H16BrNO3/c1-14(2)11(7-12(15)16)9-6-8(17-3)4-5-10(9)13/h4-6,11H,7H2,1-3H3,(H,15,16). The summed E-state index contributed by atoms with van der Waals surface area (Å²) in [5.41, 5.74) is 0.914. The molecule has 0 bridgehead atoms. The molecule has 0 amide bonds. The minimum atomic E-state index is -0.821. The summed E-state index contributed by atoms with van der Waals surface area (Å²) in [4.78, 5) is 12.8. The minimum absolute atomic E-state index is 0.0543. The first-order valence-corrected chi connectivity index (χ1v) is 5.96. The van der Waals surface area contributed by atoms with Crippen LogP contribution < -0.4 is 4.74 Å². The highest BCUT2D eigenvalue weighted by Gasteiger charge is 2.20. The smallest absolute Gasteiger partial charge is 0.305 e. The lowest BCUT2D eigenvalue weighted by molar-refractivity contribution is -0.138. The maximum absolute atomic E-state index is 10.9. The van der Waals surface area contributed by atoms with Gasteiger partial charge in [0.2, 0.25) is 0 Å². The van der Waals surface area contributed by atoms with Crippen molar-refractivity contribution in [3.63, 3.8) is 0 Å². The molecule has 4 nitrogen and oxygen atoms in total. The second-order valence-electron chi connectivity index (χ2n) is 3.96. The fraction of sp³-hybridized carbons (Fsp3) is 0.417. The average Bonchev–Trinajstić information content (AvgIpc) is 2.26. The Hall–Kier alpha value is -1.07. The van der Waals surface area contributed by atoms with Crippen molar-refractivity contribution in [2.75, 3.05) is 21.2 Å². The number of aliphatic carboxylic acids is 1. The number of nitrogens with zero attached hydrogens (tertiary/aromatic N) is 1. The van der Waals surface area contributed by atoms with E-state index in [2.05, 4.69) is 15.9 Å².